The van der Waals surface area contributed by atoms with Crippen molar-refractivity contribution >= 4 is 38.9 Å². The Labute approximate surface area is 203 Å². The molecule has 0 spiro atoms. The van der Waals surface area contributed by atoms with E-state index in [0.717, 1.165) is 23.5 Å². The summed E-state index contributed by atoms with van der Waals surface area (Å²) in [5, 5.41) is 2.73. The van der Waals surface area contributed by atoms with E-state index >= 15 is 0 Å². The van der Waals surface area contributed by atoms with E-state index in [2.05, 4.69) is 10.3 Å². The van der Waals surface area contributed by atoms with Crippen molar-refractivity contribution in [3.8, 4) is 11.1 Å². The average molecular weight is 530 g/mol. The van der Waals surface area contributed by atoms with Gasteiger partial charge in [0.15, 0.2) is 0 Å². The van der Waals surface area contributed by atoms with Crippen LogP contribution >= 0.6 is 22.9 Å². The number of sulfonamides is 1. The van der Waals surface area contributed by atoms with Crippen LogP contribution in [-0.4, -0.2) is 36.2 Å². The largest absolute Gasteiger partial charge is 0.416 e. The maximum atomic E-state index is 12.9. The summed E-state index contributed by atoms with van der Waals surface area (Å²) in [6.07, 6.45) is -1.97. The lowest BCUT2D eigenvalue weighted by molar-refractivity contribution is -0.137. The van der Waals surface area contributed by atoms with Crippen molar-refractivity contribution in [2.75, 3.05) is 6.54 Å². The maximum Gasteiger partial charge on any atom is 0.416 e. The van der Waals surface area contributed by atoms with Gasteiger partial charge in [-0.3, -0.25) is 9.78 Å². The Bertz CT molecular complexity index is 1290. The Balaban J connectivity index is 1.44. The minimum Gasteiger partial charge on any atom is -0.349 e. The summed E-state index contributed by atoms with van der Waals surface area (Å²) >= 11 is 6.81. The second kappa shape index (κ2) is 9.65. The van der Waals surface area contributed by atoms with E-state index in [1.54, 1.807) is 12.1 Å². The molecule has 0 unspecified atom stereocenters. The van der Waals surface area contributed by atoms with Gasteiger partial charge in [-0.1, -0.05) is 23.7 Å². The molecule has 1 atom stereocenters. The van der Waals surface area contributed by atoms with Gasteiger partial charge in [0.2, 0.25) is 5.91 Å². The topological polar surface area (TPSA) is 79.4 Å². The van der Waals surface area contributed by atoms with Gasteiger partial charge < -0.3 is 5.32 Å². The molecule has 1 aliphatic heterocycles. The van der Waals surface area contributed by atoms with Crippen LogP contribution in [0.3, 0.4) is 0 Å². The lowest BCUT2D eigenvalue weighted by Gasteiger charge is -2.22. The number of benzene rings is 1. The molecule has 3 aromatic rings. The molecule has 1 fully saturated rings. The zero-order valence-corrected chi connectivity index (χ0v) is 19.9. The number of aromatic nitrogens is 1. The molecular weight excluding hydrogens is 511 g/mol. The molecule has 0 aliphatic carbocycles. The molecule has 12 heteroatoms. The Morgan fingerprint density at radius 2 is 1.88 bits per heavy atom. The molecule has 4 rings (SSSR count). The number of halogens is 4. The van der Waals surface area contributed by atoms with E-state index in [-0.39, 0.29) is 17.3 Å². The molecule has 0 bridgehead atoms. The van der Waals surface area contributed by atoms with Crippen LogP contribution < -0.4 is 5.32 Å². The summed E-state index contributed by atoms with van der Waals surface area (Å²) in [4.78, 5) is 17.0. The zero-order chi connectivity index (χ0) is 24.5. The average Bonchev–Trinajstić information content (AvgIpc) is 3.47. The number of nitrogens with zero attached hydrogens (tertiary/aromatic N) is 2. The van der Waals surface area contributed by atoms with Crippen LogP contribution in [0.5, 0.6) is 0 Å². The first-order chi connectivity index (χ1) is 16.1. The summed E-state index contributed by atoms with van der Waals surface area (Å²) in [5.41, 5.74) is 0.972. The summed E-state index contributed by atoms with van der Waals surface area (Å²) in [6, 6.07) is 10.2. The highest BCUT2D eigenvalue weighted by atomic mass is 35.5. The van der Waals surface area contributed by atoms with E-state index in [1.807, 2.05) is 0 Å². The van der Waals surface area contributed by atoms with Crippen LogP contribution in [0.15, 0.2) is 58.9 Å². The molecule has 6 nitrogen and oxygen atoms in total. The molecule has 1 aliphatic rings. The highest BCUT2D eigenvalue weighted by Crippen LogP contribution is 2.33. The van der Waals surface area contributed by atoms with E-state index in [9.17, 15) is 26.4 Å². The minimum absolute atomic E-state index is 0.0442. The predicted molar refractivity (Wildman–Crippen MR) is 123 cm³/mol. The number of nitrogens with one attached hydrogen (secondary N) is 1. The Kier molecular flexibility index (Phi) is 6.99. The third-order valence-corrected chi connectivity index (χ3v) is 9.03. The zero-order valence-electron chi connectivity index (χ0n) is 17.5. The van der Waals surface area contributed by atoms with Gasteiger partial charge in [0, 0.05) is 12.7 Å². The van der Waals surface area contributed by atoms with Crippen molar-refractivity contribution in [1.29, 1.82) is 0 Å². The van der Waals surface area contributed by atoms with Crippen molar-refractivity contribution in [3.63, 3.8) is 0 Å². The molecule has 1 saturated heterocycles. The molecule has 1 amide bonds. The summed E-state index contributed by atoms with van der Waals surface area (Å²) in [5.74, 6) is -0.439. The summed E-state index contributed by atoms with van der Waals surface area (Å²) < 4.78 is 65.9. The van der Waals surface area contributed by atoms with Crippen LogP contribution in [0.2, 0.25) is 4.34 Å². The van der Waals surface area contributed by atoms with Gasteiger partial charge in [0.25, 0.3) is 10.0 Å². The fourth-order valence-corrected chi connectivity index (χ4v) is 7.01. The quantitative estimate of drug-likeness (QED) is 0.490. The third kappa shape index (κ3) is 5.27. The fraction of sp³-hybridized carbons (Fsp3) is 0.273. The van der Waals surface area contributed by atoms with Crippen molar-refractivity contribution in [2.45, 2.75) is 35.8 Å². The van der Waals surface area contributed by atoms with Crippen molar-refractivity contribution in [3.05, 3.63) is 70.3 Å². The minimum atomic E-state index is -4.41. The number of carbonyl (C=O) groups excluding carboxylic acids is 1. The molecule has 1 aromatic carbocycles. The Morgan fingerprint density at radius 3 is 2.53 bits per heavy atom. The van der Waals surface area contributed by atoms with Crippen molar-refractivity contribution in [1.82, 2.24) is 14.6 Å². The van der Waals surface area contributed by atoms with Crippen LogP contribution in [0.4, 0.5) is 13.2 Å². The third-order valence-electron chi connectivity index (χ3n) is 5.42. The maximum absolute atomic E-state index is 12.9. The molecule has 2 aromatic heterocycles. The molecule has 1 N–H and O–H groups in total. The van der Waals surface area contributed by atoms with E-state index in [1.165, 1.54) is 34.8 Å². The first-order valence-corrected chi connectivity index (χ1v) is 12.9. The van der Waals surface area contributed by atoms with Crippen LogP contribution in [0.1, 0.15) is 24.1 Å². The molecule has 3 heterocycles. The highest BCUT2D eigenvalue weighted by molar-refractivity contribution is 7.91. The number of carbonyl (C=O) groups is 1. The van der Waals surface area contributed by atoms with Gasteiger partial charge in [0.1, 0.15) is 10.3 Å². The van der Waals surface area contributed by atoms with Gasteiger partial charge in [-0.2, -0.15) is 17.5 Å². The molecule has 180 valence electrons. The highest BCUT2D eigenvalue weighted by Gasteiger charge is 2.40. The van der Waals surface area contributed by atoms with E-state index < -0.39 is 33.7 Å². The van der Waals surface area contributed by atoms with Gasteiger partial charge in [-0.05, 0) is 60.4 Å². The summed E-state index contributed by atoms with van der Waals surface area (Å²) in [6.45, 7) is 0.278. The predicted octanol–water partition coefficient (Wildman–Crippen LogP) is 4.95. The monoisotopic (exact) mass is 529 g/mol. The van der Waals surface area contributed by atoms with Crippen molar-refractivity contribution < 1.29 is 26.4 Å². The van der Waals surface area contributed by atoms with Gasteiger partial charge in [-0.15, -0.1) is 11.3 Å². The van der Waals surface area contributed by atoms with Gasteiger partial charge in [-0.25, -0.2) is 8.42 Å². The van der Waals surface area contributed by atoms with Gasteiger partial charge >= 0.3 is 6.18 Å². The number of thiophene rings is 1. The Hall–Kier alpha value is -2.47. The number of alkyl halides is 3. The lowest BCUT2D eigenvalue weighted by Crippen LogP contribution is -2.45. The molecule has 0 radical (unpaired) electrons. The molecule has 0 saturated carbocycles. The van der Waals surface area contributed by atoms with Crippen LogP contribution in [-0.2, 0) is 27.5 Å². The normalized spacial score (nSPS) is 17.1. The number of hydrogen-bond acceptors (Lipinski definition) is 5. The van der Waals surface area contributed by atoms with E-state index in [4.69, 9.17) is 11.6 Å². The number of amides is 1. The van der Waals surface area contributed by atoms with Crippen LogP contribution in [0.25, 0.3) is 11.1 Å². The molecule has 34 heavy (non-hydrogen) atoms. The second-order valence-corrected chi connectivity index (χ2v) is 11.5. The van der Waals surface area contributed by atoms with E-state index in [0.29, 0.717) is 34.0 Å². The summed E-state index contributed by atoms with van der Waals surface area (Å²) in [7, 11) is -3.84. The first-order valence-electron chi connectivity index (χ1n) is 10.2. The molecular formula is C22H19ClF3N3O3S2. The smallest absolute Gasteiger partial charge is 0.349 e. The van der Waals surface area contributed by atoms with Crippen LogP contribution in [0, 0.1) is 0 Å². The standard InChI is InChI=1S/C22H19ClF3N3O3S2/c23-19-7-8-20(33-19)34(31,32)29-11-1-2-18(29)21(30)28-13-17-12-15(9-10-27-17)14-3-5-16(6-4-14)22(24,25)26/h3-10,12,18H,1-2,11,13H2,(H,28,30)/t18-/m0/s1. The second-order valence-electron chi connectivity index (χ2n) is 7.66. The number of rotatable bonds is 6. The SMILES string of the molecule is O=C(NCc1cc(-c2ccc(C(F)(F)F)cc2)ccn1)[C@@H]1CCCN1S(=O)(=O)c1ccc(Cl)s1. The number of hydrogen-bond donors (Lipinski definition) is 1. The van der Waals surface area contributed by atoms with Gasteiger partial charge in [0.05, 0.1) is 22.1 Å². The Morgan fingerprint density at radius 1 is 1.15 bits per heavy atom. The number of pyridine rings is 1. The lowest BCUT2D eigenvalue weighted by atomic mass is 10.0. The van der Waals surface area contributed by atoms with Crippen molar-refractivity contribution in [2.24, 2.45) is 0 Å². The first kappa shape index (κ1) is 24.6. The fourth-order valence-electron chi connectivity index (χ4n) is 3.74.